The number of likely N-dealkylation sites (tertiary alicyclic amines) is 1. The molecule has 0 amide bonds. The van der Waals surface area contributed by atoms with E-state index in [0.29, 0.717) is 31.6 Å². The molecule has 4 heterocycles. The maximum Gasteiger partial charge on any atom is 0.347 e. The fourth-order valence-corrected chi connectivity index (χ4v) is 3.43. The Morgan fingerprint density at radius 3 is 3.00 bits per heavy atom. The van der Waals surface area contributed by atoms with Crippen molar-refractivity contribution in [3.63, 3.8) is 0 Å². The van der Waals surface area contributed by atoms with Gasteiger partial charge in [0.05, 0.1) is 12.7 Å². The summed E-state index contributed by atoms with van der Waals surface area (Å²) in [5, 5.41) is 10.6. The Kier molecular flexibility index (Phi) is 4.87. The Morgan fingerprint density at radius 1 is 1.46 bits per heavy atom. The molecule has 2 aromatic heterocycles. The van der Waals surface area contributed by atoms with Gasteiger partial charge >= 0.3 is 5.97 Å². The highest BCUT2D eigenvalue weighted by atomic mass is 16.5. The second-order valence-corrected chi connectivity index (χ2v) is 6.70. The average Bonchev–Trinajstić information content (AvgIpc) is 3.25. The molecule has 8 nitrogen and oxygen atoms in total. The van der Waals surface area contributed by atoms with Crippen LogP contribution in [0.3, 0.4) is 0 Å². The van der Waals surface area contributed by atoms with Gasteiger partial charge < -0.3 is 24.5 Å². The Labute approximate surface area is 161 Å². The first kappa shape index (κ1) is 18.2. The molecule has 2 aromatic rings. The van der Waals surface area contributed by atoms with Gasteiger partial charge in [-0.3, -0.25) is 4.79 Å². The maximum atomic E-state index is 12.9. The molecule has 4 rings (SSSR count). The number of H-pyrrole nitrogens is 1. The van der Waals surface area contributed by atoms with Crippen LogP contribution < -0.4 is 0 Å². The molecule has 0 bridgehead atoms. The van der Waals surface area contributed by atoms with E-state index in [4.69, 9.17) is 9.47 Å². The van der Waals surface area contributed by atoms with Crippen molar-refractivity contribution in [3.05, 3.63) is 47.3 Å². The lowest BCUT2D eigenvalue weighted by Gasteiger charge is -2.31. The Morgan fingerprint density at radius 2 is 2.25 bits per heavy atom. The molecule has 28 heavy (non-hydrogen) atoms. The number of allylic oxidation sites excluding steroid dienone is 1. The monoisotopic (exact) mass is 383 g/mol. The molecule has 0 unspecified atom stereocenters. The van der Waals surface area contributed by atoms with Crippen molar-refractivity contribution in [2.45, 2.75) is 25.9 Å². The number of ketones is 1. The summed E-state index contributed by atoms with van der Waals surface area (Å²) in [4.78, 5) is 34.5. The highest BCUT2D eigenvalue weighted by Gasteiger charge is 2.40. The van der Waals surface area contributed by atoms with E-state index >= 15 is 0 Å². The fourth-order valence-electron chi connectivity index (χ4n) is 3.43. The molecule has 2 aliphatic heterocycles. The molecule has 2 N–H and O–H groups in total. The van der Waals surface area contributed by atoms with Crippen molar-refractivity contribution in [1.29, 1.82) is 0 Å². The number of fused-ring (bicyclic) bond motifs is 1. The van der Waals surface area contributed by atoms with Crippen LogP contribution in [0.15, 0.2) is 41.7 Å². The van der Waals surface area contributed by atoms with Gasteiger partial charge in [0.1, 0.15) is 5.65 Å². The number of aromatic nitrogens is 2. The quantitative estimate of drug-likeness (QED) is 0.471. The van der Waals surface area contributed by atoms with Crippen molar-refractivity contribution < 1.29 is 24.2 Å². The number of Topliss-reactive ketones (excluding diaryl/α,β-unsaturated/α-hetero) is 1. The third kappa shape index (κ3) is 3.27. The zero-order valence-corrected chi connectivity index (χ0v) is 15.5. The first-order chi connectivity index (χ1) is 13.6. The first-order valence-corrected chi connectivity index (χ1v) is 9.29. The summed E-state index contributed by atoms with van der Waals surface area (Å²) in [6.45, 7) is 2.84. The van der Waals surface area contributed by atoms with Crippen LogP contribution in [0.2, 0.25) is 0 Å². The van der Waals surface area contributed by atoms with Gasteiger partial charge in [0.15, 0.2) is 11.3 Å². The summed E-state index contributed by atoms with van der Waals surface area (Å²) in [5.41, 5.74) is 1.34. The van der Waals surface area contributed by atoms with E-state index in [0.717, 1.165) is 10.9 Å². The van der Waals surface area contributed by atoms with Crippen LogP contribution in [0.25, 0.3) is 17.1 Å². The van der Waals surface area contributed by atoms with E-state index in [9.17, 15) is 14.7 Å². The van der Waals surface area contributed by atoms with E-state index in [-0.39, 0.29) is 29.9 Å². The van der Waals surface area contributed by atoms with Gasteiger partial charge in [0.2, 0.25) is 11.7 Å². The van der Waals surface area contributed by atoms with E-state index in [1.807, 2.05) is 17.0 Å². The lowest BCUT2D eigenvalue weighted by atomic mass is 10.1. The van der Waals surface area contributed by atoms with E-state index in [2.05, 4.69) is 9.97 Å². The maximum absolute atomic E-state index is 12.9. The molecule has 1 saturated heterocycles. The summed E-state index contributed by atoms with van der Waals surface area (Å²) < 4.78 is 10.9. The van der Waals surface area contributed by atoms with E-state index < -0.39 is 11.8 Å². The van der Waals surface area contributed by atoms with Crippen molar-refractivity contribution in [2.24, 2.45) is 0 Å². The van der Waals surface area contributed by atoms with Crippen LogP contribution in [0.4, 0.5) is 0 Å². The van der Waals surface area contributed by atoms with Gasteiger partial charge in [0.25, 0.3) is 0 Å². The number of ether oxygens (including phenoxy) is 2. The number of pyridine rings is 1. The molecule has 0 atom stereocenters. The van der Waals surface area contributed by atoms with Crippen LogP contribution >= 0.6 is 0 Å². The van der Waals surface area contributed by atoms with Crippen LogP contribution in [0.5, 0.6) is 0 Å². The van der Waals surface area contributed by atoms with Gasteiger partial charge in [-0.1, -0.05) is 0 Å². The molecular weight excluding hydrogens is 362 g/mol. The third-order valence-electron chi connectivity index (χ3n) is 4.87. The number of rotatable bonds is 4. The summed E-state index contributed by atoms with van der Waals surface area (Å²) in [6.07, 6.45) is 5.73. The minimum absolute atomic E-state index is 0.0638. The number of hydrogen-bond donors (Lipinski definition) is 2. The predicted octanol–water partition coefficient (Wildman–Crippen LogP) is 1.73. The molecule has 0 spiro atoms. The zero-order valence-electron chi connectivity index (χ0n) is 15.5. The lowest BCUT2D eigenvalue weighted by Crippen LogP contribution is -2.36. The molecule has 1 fully saturated rings. The van der Waals surface area contributed by atoms with Gasteiger partial charge in [-0.05, 0) is 38.0 Å². The van der Waals surface area contributed by atoms with E-state index in [1.54, 1.807) is 25.4 Å². The number of nitrogens with zero attached hydrogens (tertiary/aromatic N) is 2. The number of piperidine rings is 1. The molecule has 0 saturated carbocycles. The molecule has 2 aliphatic rings. The number of aromatic amines is 1. The summed E-state index contributed by atoms with van der Waals surface area (Å²) in [7, 11) is 0. The van der Waals surface area contributed by atoms with Gasteiger partial charge in [-0.2, -0.15) is 0 Å². The number of aliphatic hydroxyl groups excluding tert-OH is 1. The minimum atomic E-state index is -0.697. The molecule has 0 radical (unpaired) electrons. The van der Waals surface area contributed by atoms with Crippen molar-refractivity contribution in [2.75, 3.05) is 19.7 Å². The zero-order chi connectivity index (χ0) is 19.7. The van der Waals surface area contributed by atoms with Crippen LogP contribution in [0, 0.1) is 0 Å². The first-order valence-electron chi connectivity index (χ1n) is 9.29. The summed E-state index contributed by atoms with van der Waals surface area (Å²) in [6, 6.07) is 3.69. The summed E-state index contributed by atoms with van der Waals surface area (Å²) in [5.74, 6) is -0.927. The number of esters is 1. The second kappa shape index (κ2) is 7.47. The number of carbonyl (C=O) groups is 2. The Hall–Kier alpha value is -3.13. The van der Waals surface area contributed by atoms with Crippen molar-refractivity contribution in [3.8, 4) is 0 Å². The molecule has 0 aromatic carbocycles. The normalized spacial score (nSPS) is 19.6. The van der Waals surface area contributed by atoms with Crippen LogP contribution in [-0.4, -0.2) is 57.5 Å². The number of aliphatic hydroxyl groups is 1. The molecule has 0 aliphatic carbocycles. The average molecular weight is 383 g/mol. The largest absolute Gasteiger partial charge is 0.462 e. The lowest BCUT2D eigenvalue weighted by molar-refractivity contribution is -0.139. The fraction of sp³-hybridized carbons (Fsp3) is 0.350. The third-order valence-corrected chi connectivity index (χ3v) is 4.87. The van der Waals surface area contributed by atoms with Crippen LogP contribution in [0.1, 0.15) is 25.3 Å². The van der Waals surface area contributed by atoms with E-state index in [1.165, 1.54) is 0 Å². The standard InChI is InChI=1S/C20H21N3O5/c1-2-27-20(26)16-17(25)15(28-19(16)23-8-5-13(24)6-9-23)10-12-11-22-18-14(12)4-3-7-21-18/h3-4,7,10-11,13,24H,2,5-6,8-9H2,1H3,(H,21,22). The minimum Gasteiger partial charge on any atom is -0.462 e. The Balaban J connectivity index is 1.69. The topological polar surface area (TPSA) is 105 Å². The Bertz CT molecular complexity index is 983. The number of nitrogens with one attached hydrogen (secondary N) is 1. The highest BCUT2D eigenvalue weighted by Crippen LogP contribution is 2.32. The summed E-state index contributed by atoms with van der Waals surface area (Å²) >= 11 is 0. The smallest absolute Gasteiger partial charge is 0.347 e. The van der Waals surface area contributed by atoms with Crippen molar-refractivity contribution >= 4 is 28.9 Å². The predicted molar refractivity (Wildman–Crippen MR) is 101 cm³/mol. The van der Waals surface area contributed by atoms with Crippen molar-refractivity contribution in [1.82, 2.24) is 14.9 Å². The number of hydrogen-bond acceptors (Lipinski definition) is 7. The highest BCUT2D eigenvalue weighted by molar-refractivity contribution is 6.26. The molecule has 146 valence electrons. The van der Waals surface area contributed by atoms with Gasteiger partial charge in [-0.15, -0.1) is 0 Å². The molecule has 8 heteroatoms. The SMILES string of the molecule is CCOC(=O)C1=C(N2CCC(O)CC2)OC(=Cc2c[nH]c3ncccc23)C1=O. The van der Waals surface area contributed by atoms with Gasteiger partial charge in [-0.25, -0.2) is 9.78 Å². The number of carbonyl (C=O) groups excluding carboxylic acids is 2. The van der Waals surface area contributed by atoms with Crippen LogP contribution in [-0.2, 0) is 19.1 Å². The second-order valence-electron chi connectivity index (χ2n) is 6.70. The molecular formula is C20H21N3O5. The van der Waals surface area contributed by atoms with Gasteiger partial charge in [0, 0.05) is 36.4 Å².